The fourth-order valence-electron chi connectivity index (χ4n) is 1.13. The van der Waals surface area contributed by atoms with Crippen molar-refractivity contribution in [2.45, 2.75) is 13.3 Å². The van der Waals surface area contributed by atoms with Gasteiger partial charge in [0.15, 0.2) is 5.88 Å². The normalized spacial score (nSPS) is 9.62. The van der Waals surface area contributed by atoms with Crippen LogP contribution in [0.1, 0.15) is 18.1 Å². The molecule has 4 heteroatoms. The van der Waals surface area contributed by atoms with E-state index in [0.717, 1.165) is 4.57 Å². The molecular weight excluding hydrogens is 168 g/mol. The van der Waals surface area contributed by atoms with Crippen LogP contribution in [0.5, 0.6) is 5.88 Å². The van der Waals surface area contributed by atoms with Crippen molar-refractivity contribution in [1.82, 2.24) is 4.57 Å². The van der Waals surface area contributed by atoms with Gasteiger partial charge in [0, 0.05) is 13.1 Å². The van der Waals surface area contributed by atoms with Crippen molar-refractivity contribution in [2.75, 3.05) is 0 Å². The minimum Gasteiger partial charge on any atom is -0.494 e. The lowest BCUT2D eigenvalue weighted by atomic mass is 10.1. The maximum absolute atomic E-state index is 11.4. The number of aryl methyl sites for hydroxylation is 1. The third-order valence-corrected chi connectivity index (χ3v) is 1.98. The molecule has 0 radical (unpaired) electrons. The lowest BCUT2D eigenvalue weighted by Crippen LogP contribution is -2.21. The summed E-state index contributed by atoms with van der Waals surface area (Å²) in [5, 5.41) is 18.0. The number of nitriles is 1. The van der Waals surface area contributed by atoms with Crippen LogP contribution < -0.4 is 5.56 Å². The lowest BCUT2D eigenvalue weighted by molar-refractivity contribution is 0.422. The second-order valence-electron chi connectivity index (χ2n) is 2.73. The molecule has 0 aliphatic carbocycles. The molecule has 0 aliphatic heterocycles. The standard InChI is InChI=1S/C9H10N2O2/c1-3-6-4-8(12)11(2)9(13)7(6)5-10/h4,12H,3H2,1-2H3. The highest BCUT2D eigenvalue weighted by Gasteiger charge is 2.09. The van der Waals surface area contributed by atoms with Crippen LogP contribution in [-0.2, 0) is 13.5 Å². The molecule has 0 spiro atoms. The van der Waals surface area contributed by atoms with Gasteiger partial charge in [0.05, 0.1) is 0 Å². The zero-order valence-corrected chi connectivity index (χ0v) is 7.53. The van der Waals surface area contributed by atoms with Gasteiger partial charge in [-0.05, 0) is 12.0 Å². The average molecular weight is 178 g/mol. The van der Waals surface area contributed by atoms with Gasteiger partial charge in [-0.1, -0.05) is 6.92 Å². The van der Waals surface area contributed by atoms with E-state index in [1.165, 1.54) is 13.1 Å². The van der Waals surface area contributed by atoms with Gasteiger partial charge in [0.2, 0.25) is 0 Å². The van der Waals surface area contributed by atoms with Crippen LogP contribution in [0.2, 0.25) is 0 Å². The first-order chi connectivity index (χ1) is 6.11. The Morgan fingerprint density at radius 1 is 1.69 bits per heavy atom. The summed E-state index contributed by atoms with van der Waals surface area (Å²) in [6, 6.07) is 3.28. The molecule has 0 bridgehead atoms. The van der Waals surface area contributed by atoms with Crippen LogP contribution >= 0.6 is 0 Å². The van der Waals surface area contributed by atoms with Gasteiger partial charge in [0.1, 0.15) is 11.6 Å². The largest absolute Gasteiger partial charge is 0.494 e. The Kier molecular flexibility index (Phi) is 2.38. The zero-order chi connectivity index (χ0) is 10.0. The minimum absolute atomic E-state index is 0.110. The molecule has 68 valence electrons. The van der Waals surface area contributed by atoms with Gasteiger partial charge in [-0.25, -0.2) is 0 Å². The van der Waals surface area contributed by atoms with Crippen LogP contribution in [0.15, 0.2) is 10.9 Å². The predicted molar refractivity (Wildman–Crippen MR) is 47.4 cm³/mol. The second-order valence-corrected chi connectivity index (χ2v) is 2.73. The zero-order valence-electron chi connectivity index (χ0n) is 7.53. The fraction of sp³-hybridized carbons (Fsp3) is 0.333. The molecule has 4 nitrogen and oxygen atoms in total. The summed E-state index contributed by atoms with van der Waals surface area (Å²) in [4.78, 5) is 11.4. The third-order valence-electron chi connectivity index (χ3n) is 1.98. The number of rotatable bonds is 1. The number of pyridine rings is 1. The van der Waals surface area contributed by atoms with E-state index in [2.05, 4.69) is 0 Å². The quantitative estimate of drug-likeness (QED) is 0.682. The van der Waals surface area contributed by atoms with Gasteiger partial charge >= 0.3 is 0 Å². The van der Waals surface area contributed by atoms with Crippen LogP contribution in [0.25, 0.3) is 0 Å². The summed E-state index contributed by atoms with van der Waals surface area (Å²) < 4.78 is 1.05. The van der Waals surface area contributed by atoms with Gasteiger partial charge in [-0.15, -0.1) is 0 Å². The molecule has 0 unspecified atom stereocenters. The van der Waals surface area contributed by atoms with Crippen LogP contribution in [0.3, 0.4) is 0 Å². The fourth-order valence-corrected chi connectivity index (χ4v) is 1.13. The molecule has 13 heavy (non-hydrogen) atoms. The van der Waals surface area contributed by atoms with Crippen molar-refractivity contribution in [3.63, 3.8) is 0 Å². The lowest BCUT2D eigenvalue weighted by Gasteiger charge is -2.05. The van der Waals surface area contributed by atoms with Crippen LogP contribution in [0, 0.1) is 11.3 Å². The summed E-state index contributed by atoms with van der Waals surface area (Å²) in [5.41, 5.74) is 0.255. The van der Waals surface area contributed by atoms with Crippen molar-refractivity contribution >= 4 is 0 Å². The van der Waals surface area contributed by atoms with Crippen LogP contribution in [0.4, 0.5) is 0 Å². The molecule has 0 aromatic carbocycles. The van der Waals surface area contributed by atoms with Gasteiger partial charge in [-0.2, -0.15) is 5.26 Å². The predicted octanol–water partition coefficient (Wildman–Crippen LogP) is 0.525. The molecule has 1 heterocycles. The number of aromatic nitrogens is 1. The van der Waals surface area contributed by atoms with Crippen molar-refractivity contribution < 1.29 is 5.11 Å². The van der Waals surface area contributed by atoms with Gasteiger partial charge in [-0.3, -0.25) is 9.36 Å². The molecule has 0 fully saturated rings. The summed E-state index contributed by atoms with van der Waals surface area (Å²) in [6.07, 6.45) is 0.562. The molecule has 1 rings (SSSR count). The topological polar surface area (TPSA) is 66.0 Å². The summed E-state index contributed by atoms with van der Waals surface area (Å²) in [5.74, 6) is -0.110. The molecule has 0 saturated heterocycles. The third kappa shape index (κ3) is 1.41. The summed E-state index contributed by atoms with van der Waals surface area (Å²) in [7, 11) is 1.43. The molecule has 1 aromatic rings. The van der Waals surface area contributed by atoms with Gasteiger partial charge in [0.25, 0.3) is 5.56 Å². The molecule has 0 atom stereocenters. The average Bonchev–Trinajstić information content (AvgIpc) is 2.13. The Bertz CT molecular complexity index is 426. The van der Waals surface area contributed by atoms with E-state index in [-0.39, 0.29) is 11.4 Å². The smallest absolute Gasteiger partial charge is 0.271 e. The van der Waals surface area contributed by atoms with Gasteiger partial charge < -0.3 is 5.11 Å². The van der Waals surface area contributed by atoms with E-state index in [4.69, 9.17) is 5.26 Å². The van der Waals surface area contributed by atoms with Crippen LogP contribution in [-0.4, -0.2) is 9.67 Å². The highest BCUT2D eigenvalue weighted by molar-refractivity contribution is 5.38. The number of aromatic hydroxyl groups is 1. The first-order valence-corrected chi connectivity index (χ1v) is 3.93. The highest BCUT2D eigenvalue weighted by atomic mass is 16.3. The van der Waals surface area contributed by atoms with E-state index in [1.54, 1.807) is 0 Å². The Hall–Kier alpha value is -1.76. The highest BCUT2D eigenvalue weighted by Crippen LogP contribution is 2.11. The van der Waals surface area contributed by atoms with E-state index in [0.29, 0.717) is 12.0 Å². The number of nitrogens with zero attached hydrogens (tertiary/aromatic N) is 2. The number of hydrogen-bond donors (Lipinski definition) is 1. The SMILES string of the molecule is CCc1cc(O)n(C)c(=O)c1C#N. The molecule has 1 N–H and O–H groups in total. The van der Waals surface area contributed by atoms with Crippen molar-refractivity contribution in [3.05, 3.63) is 27.5 Å². The molecule has 0 saturated carbocycles. The van der Waals surface area contributed by atoms with Crippen molar-refractivity contribution in [1.29, 1.82) is 5.26 Å². The number of hydrogen-bond acceptors (Lipinski definition) is 3. The Balaban J connectivity index is 3.61. The molecule has 1 aromatic heterocycles. The summed E-state index contributed by atoms with van der Waals surface area (Å²) >= 11 is 0. The molecule has 0 aliphatic rings. The Morgan fingerprint density at radius 2 is 2.31 bits per heavy atom. The first-order valence-electron chi connectivity index (χ1n) is 3.93. The van der Waals surface area contributed by atoms with E-state index in [9.17, 15) is 9.90 Å². The monoisotopic (exact) mass is 178 g/mol. The van der Waals surface area contributed by atoms with E-state index >= 15 is 0 Å². The molecular formula is C9H10N2O2. The minimum atomic E-state index is -0.445. The van der Waals surface area contributed by atoms with Crippen molar-refractivity contribution in [3.8, 4) is 11.9 Å². The first kappa shape index (κ1) is 9.33. The second kappa shape index (κ2) is 3.31. The van der Waals surface area contributed by atoms with E-state index < -0.39 is 5.56 Å². The maximum Gasteiger partial charge on any atom is 0.271 e. The van der Waals surface area contributed by atoms with Crippen molar-refractivity contribution in [2.24, 2.45) is 7.05 Å². The Labute approximate surface area is 75.7 Å². The van der Waals surface area contributed by atoms with E-state index in [1.807, 2.05) is 13.0 Å². The summed E-state index contributed by atoms with van der Waals surface area (Å²) in [6.45, 7) is 1.83. The Morgan fingerprint density at radius 3 is 2.77 bits per heavy atom. The maximum atomic E-state index is 11.4. The molecule has 0 amide bonds.